The summed E-state index contributed by atoms with van der Waals surface area (Å²) in [5.41, 5.74) is 6.45. The zero-order valence-electron chi connectivity index (χ0n) is 21.8. The summed E-state index contributed by atoms with van der Waals surface area (Å²) in [6.45, 7) is 6.66. The van der Waals surface area contributed by atoms with Crippen molar-refractivity contribution in [1.29, 1.82) is 0 Å². The number of nitrogens with zero attached hydrogens (tertiary/aromatic N) is 2. The Morgan fingerprint density at radius 3 is 2.57 bits per heavy atom. The van der Waals surface area contributed by atoms with Crippen molar-refractivity contribution in [3.8, 4) is 5.69 Å². The number of rotatable bonds is 11. The largest absolute Gasteiger partial charge is 0.497 e. The van der Waals surface area contributed by atoms with Crippen molar-refractivity contribution in [3.05, 3.63) is 69.3 Å². The molecule has 0 saturated heterocycles. The van der Waals surface area contributed by atoms with Gasteiger partial charge in [0.1, 0.15) is 17.4 Å². The van der Waals surface area contributed by atoms with Crippen molar-refractivity contribution in [2.75, 3.05) is 25.0 Å². The Hall–Kier alpha value is -3.30. The first kappa shape index (κ1) is 28.3. The SMILES string of the molecule is CCOC1=CC=C(Cl)CC1C(=O)NCC(C)(C)CC(=O)Nc1c(CCN)n(C)n(-c2ccccc2)c1=O. The summed E-state index contributed by atoms with van der Waals surface area (Å²) in [5, 5.41) is 6.34. The molecular weight excluding hydrogens is 494 g/mol. The maximum absolute atomic E-state index is 13.3. The van der Waals surface area contributed by atoms with Gasteiger partial charge in [0.15, 0.2) is 0 Å². The van der Waals surface area contributed by atoms with Gasteiger partial charge in [-0.25, -0.2) is 4.68 Å². The van der Waals surface area contributed by atoms with Gasteiger partial charge in [-0.1, -0.05) is 43.6 Å². The lowest BCUT2D eigenvalue weighted by molar-refractivity contribution is -0.126. The molecule has 1 unspecified atom stereocenters. The second kappa shape index (κ2) is 12.3. The van der Waals surface area contributed by atoms with Crippen molar-refractivity contribution >= 4 is 29.1 Å². The highest BCUT2D eigenvalue weighted by Crippen LogP contribution is 2.29. The molecule has 37 heavy (non-hydrogen) atoms. The average Bonchev–Trinajstić information content (AvgIpc) is 3.08. The number of ether oxygens (including phenoxy) is 1. The van der Waals surface area contributed by atoms with E-state index in [1.165, 1.54) is 4.68 Å². The smallest absolute Gasteiger partial charge is 0.295 e. The highest BCUT2D eigenvalue weighted by Gasteiger charge is 2.30. The molecule has 1 aromatic heterocycles. The summed E-state index contributed by atoms with van der Waals surface area (Å²) in [6.07, 6.45) is 4.34. The van der Waals surface area contributed by atoms with Gasteiger partial charge in [-0.2, -0.15) is 0 Å². The standard InChI is InChI=1S/C27H36ClN5O4/c1-5-37-22-12-11-18(28)15-20(22)25(35)30-17-27(2,3)16-23(34)31-24-21(13-14-29)32(4)33(26(24)36)19-9-7-6-8-10-19/h6-12,20H,5,13-17,29H2,1-4H3,(H,30,35)(H,31,34). The van der Waals surface area contributed by atoms with Gasteiger partial charge in [-0.3, -0.25) is 19.1 Å². The Morgan fingerprint density at radius 2 is 1.92 bits per heavy atom. The lowest BCUT2D eigenvalue weighted by atomic mass is 9.88. The molecule has 0 bridgehead atoms. The summed E-state index contributed by atoms with van der Waals surface area (Å²) < 4.78 is 8.84. The van der Waals surface area contributed by atoms with E-state index in [0.717, 1.165) is 0 Å². The minimum absolute atomic E-state index is 0.0918. The molecule has 0 spiro atoms. The molecule has 1 aliphatic carbocycles. The summed E-state index contributed by atoms with van der Waals surface area (Å²) >= 11 is 6.15. The summed E-state index contributed by atoms with van der Waals surface area (Å²) in [6, 6.07) is 9.21. The molecule has 1 aliphatic rings. The van der Waals surface area contributed by atoms with Crippen molar-refractivity contribution in [1.82, 2.24) is 14.7 Å². The first-order valence-corrected chi connectivity index (χ1v) is 12.8. The minimum atomic E-state index is -0.579. The van der Waals surface area contributed by atoms with Gasteiger partial charge < -0.3 is 21.1 Å². The molecule has 4 N–H and O–H groups in total. The third-order valence-electron chi connectivity index (χ3n) is 6.21. The molecule has 200 valence electrons. The molecule has 2 amide bonds. The zero-order chi connectivity index (χ0) is 27.2. The number of anilines is 1. The third-order valence-corrected chi connectivity index (χ3v) is 6.49. The number of amides is 2. The van der Waals surface area contributed by atoms with Gasteiger partial charge in [0.05, 0.1) is 18.0 Å². The zero-order valence-corrected chi connectivity index (χ0v) is 22.6. The number of para-hydroxylation sites is 1. The number of hydrogen-bond donors (Lipinski definition) is 3. The molecule has 1 atom stereocenters. The molecule has 3 rings (SSSR count). The first-order valence-electron chi connectivity index (χ1n) is 12.4. The van der Waals surface area contributed by atoms with E-state index >= 15 is 0 Å². The van der Waals surface area contributed by atoms with E-state index in [-0.39, 0.29) is 36.0 Å². The van der Waals surface area contributed by atoms with Gasteiger partial charge in [0, 0.05) is 37.9 Å². The highest BCUT2D eigenvalue weighted by molar-refractivity contribution is 6.30. The third kappa shape index (κ3) is 6.93. The Morgan fingerprint density at radius 1 is 1.22 bits per heavy atom. The van der Waals surface area contributed by atoms with E-state index in [0.29, 0.717) is 48.2 Å². The number of benzene rings is 1. The van der Waals surface area contributed by atoms with Gasteiger partial charge in [0.2, 0.25) is 11.8 Å². The van der Waals surface area contributed by atoms with Crippen LogP contribution in [0.3, 0.4) is 0 Å². The fraction of sp³-hybridized carbons (Fsp3) is 0.444. The Balaban J connectivity index is 1.69. The molecule has 10 heteroatoms. The predicted octanol–water partition coefficient (Wildman–Crippen LogP) is 3.21. The van der Waals surface area contributed by atoms with Crippen LogP contribution in [0.2, 0.25) is 0 Å². The molecule has 9 nitrogen and oxygen atoms in total. The Kier molecular flexibility index (Phi) is 9.39. The summed E-state index contributed by atoms with van der Waals surface area (Å²) in [4.78, 5) is 39.3. The summed E-state index contributed by atoms with van der Waals surface area (Å²) in [5.74, 6) is -0.467. The van der Waals surface area contributed by atoms with Crippen LogP contribution < -0.4 is 21.9 Å². The van der Waals surface area contributed by atoms with Crippen LogP contribution in [0.4, 0.5) is 5.69 Å². The maximum atomic E-state index is 13.3. The number of nitrogens with one attached hydrogen (secondary N) is 2. The quantitative estimate of drug-likeness (QED) is 0.413. The lowest BCUT2D eigenvalue weighted by Gasteiger charge is -2.27. The van der Waals surface area contributed by atoms with Crippen LogP contribution in [0.25, 0.3) is 5.69 Å². The number of carbonyl (C=O) groups excluding carboxylic acids is 2. The molecule has 1 aromatic carbocycles. The average molecular weight is 530 g/mol. The van der Waals surface area contributed by atoms with Crippen LogP contribution in [0.5, 0.6) is 0 Å². The highest BCUT2D eigenvalue weighted by atomic mass is 35.5. The van der Waals surface area contributed by atoms with Crippen LogP contribution in [0.1, 0.15) is 39.3 Å². The lowest BCUT2D eigenvalue weighted by Crippen LogP contribution is -2.40. The summed E-state index contributed by atoms with van der Waals surface area (Å²) in [7, 11) is 1.77. The van der Waals surface area contributed by atoms with Crippen molar-refractivity contribution in [2.45, 2.75) is 40.0 Å². The molecule has 0 fully saturated rings. The predicted molar refractivity (Wildman–Crippen MR) is 146 cm³/mol. The second-order valence-electron chi connectivity index (χ2n) is 9.82. The number of nitrogens with two attached hydrogens (primary N) is 1. The second-order valence-corrected chi connectivity index (χ2v) is 10.3. The van der Waals surface area contributed by atoms with Crippen LogP contribution in [0, 0.1) is 11.3 Å². The van der Waals surface area contributed by atoms with Gasteiger partial charge >= 0.3 is 0 Å². The fourth-order valence-electron chi connectivity index (χ4n) is 4.38. The van der Waals surface area contributed by atoms with E-state index in [4.69, 9.17) is 22.1 Å². The minimum Gasteiger partial charge on any atom is -0.497 e. The normalized spacial score (nSPS) is 15.6. The van der Waals surface area contributed by atoms with Crippen molar-refractivity contribution in [3.63, 3.8) is 0 Å². The number of halogens is 1. The van der Waals surface area contributed by atoms with E-state index in [1.807, 2.05) is 51.1 Å². The topological polar surface area (TPSA) is 120 Å². The van der Waals surface area contributed by atoms with E-state index < -0.39 is 11.3 Å². The molecule has 0 saturated carbocycles. The van der Waals surface area contributed by atoms with Gasteiger partial charge in [-0.05, 0) is 43.2 Å². The number of hydrogen-bond acceptors (Lipinski definition) is 5. The Bertz CT molecular complexity index is 1240. The molecule has 2 aromatic rings. The molecule has 1 heterocycles. The van der Waals surface area contributed by atoms with Crippen LogP contribution in [-0.4, -0.2) is 40.9 Å². The van der Waals surface area contributed by atoms with Crippen LogP contribution in [-0.2, 0) is 27.8 Å². The number of allylic oxidation sites excluding steroid dienone is 3. The van der Waals surface area contributed by atoms with E-state index in [2.05, 4.69) is 10.6 Å². The van der Waals surface area contributed by atoms with Crippen molar-refractivity contribution in [2.24, 2.45) is 24.1 Å². The maximum Gasteiger partial charge on any atom is 0.295 e. The van der Waals surface area contributed by atoms with Gasteiger partial charge in [0.25, 0.3) is 5.56 Å². The molecular formula is C27H36ClN5O4. The Labute approximate surface area is 222 Å². The van der Waals surface area contributed by atoms with Crippen LogP contribution in [0.15, 0.2) is 58.1 Å². The first-order chi connectivity index (χ1) is 17.6. The fourth-order valence-corrected chi connectivity index (χ4v) is 4.59. The number of carbonyl (C=O) groups is 2. The van der Waals surface area contributed by atoms with E-state index in [9.17, 15) is 14.4 Å². The monoisotopic (exact) mass is 529 g/mol. The molecule has 0 radical (unpaired) electrons. The van der Waals surface area contributed by atoms with Gasteiger partial charge in [-0.15, -0.1) is 0 Å². The van der Waals surface area contributed by atoms with E-state index in [1.54, 1.807) is 23.9 Å². The number of aromatic nitrogens is 2. The van der Waals surface area contributed by atoms with Crippen LogP contribution >= 0.6 is 11.6 Å². The molecule has 0 aliphatic heterocycles. The van der Waals surface area contributed by atoms with Crippen molar-refractivity contribution < 1.29 is 14.3 Å².